The third-order valence-corrected chi connectivity index (χ3v) is 8.75. The molecule has 0 aliphatic carbocycles. The first-order valence-corrected chi connectivity index (χ1v) is 15.7. The van der Waals surface area contributed by atoms with Crippen molar-refractivity contribution in [1.82, 2.24) is 24.6 Å². The first kappa shape index (κ1) is 30.9. The van der Waals surface area contributed by atoms with Crippen molar-refractivity contribution in [2.75, 3.05) is 39.4 Å². The van der Waals surface area contributed by atoms with Crippen LogP contribution in [0.1, 0.15) is 11.1 Å². The van der Waals surface area contributed by atoms with Crippen molar-refractivity contribution < 1.29 is 13.9 Å². The van der Waals surface area contributed by atoms with Crippen LogP contribution in [-0.2, 0) is 9.53 Å². The Morgan fingerprint density at radius 2 is 1.78 bits per heavy atom. The normalized spacial score (nSPS) is 14.6. The zero-order valence-electron chi connectivity index (χ0n) is 25.1. The van der Waals surface area contributed by atoms with E-state index in [1.165, 1.54) is 18.2 Å². The molecule has 46 heavy (non-hydrogen) atoms. The number of amides is 1. The molecule has 1 fully saturated rings. The number of para-hydroxylation sites is 2. The molecule has 1 amide bonds. The predicted molar refractivity (Wildman–Crippen MR) is 176 cm³/mol. The van der Waals surface area contributed by atoms with Gasteiger partial charge in [0.25, 0.3) is 11.5 Å². The molecule has 1 aliphatic heterocycles. The zero-order chi connectivity index (χ0) is 32.0. The van der Waals surface area contributed by atoms with Crippen molar-refractivity contribution in [2.24, 2.45) is 0 Å². The summed E-state index contributed by atoms with van der Waals surface area (Å²) in [7, 11) is 0. The van der Waals surface area contributed by atoms with Crippen molar-refractivity contribution in [2.45, 2.75) is 6.92 Å². The molecule has 0 atom stereocenters. The maximum Gasteiger partial charge on any atom is 0.273 e. The number of benzene rings is 3. The van der Waals surface area contributed by atoms with Gasteiger partial charge in [0.05, 0.1) is 34.8 Å². The van der Waals surface area contributed by atoms with E-state index in [0.29, 0.717) is 37.6 Å². The van der Waals surface area contributed by atoms with E-state index in [-0.39, 0.29) is 20.5 Å². The number of hydrogen-bond donors (Lipinski definition) is 1. The monoisotopic (exact) mass is 634 g/mol. The molecule has 0 radical (unpaired) electrons. The number of hydrogen-bond acceptors (Lipinski definition) is 7. The van der Waals surface area contributed by atoms with E-state index in [4.69, 9.17) is 9.84 Å². The van der Waals surface area contributed by atoms with Crippen LogP contribution in [-0.4, -0.2) is 64.5 Å². The van der Waals surface area contributed by atoms with Gasteiger partial charge < -0.3 is 10.1 Å². The fourth-order valence-corrected chi connectivity index (χ4v) is 6.31. The second-order valence-electron chi connectivity index (χ2n) is 10.8. The summed E-state index contributed by atoms with van der Waals surface area (Å²) in [6.45, 7) is 5.66. The lowest BCUT2D eigenvalue weighted by atomic mass is 10.1. The summed E-state index contributed by atoms with van der Waals surface area (Å²) >= 11 is 0.962. The van der Waals surface area contributed by atoms with E-state index in [9.17, 15) is 14.9 Å². The number of ether oxygens (including phenoxy) is 1. The van der Waals surface area contributed by atoms with Crippen LogP contribution < -0.4 is 20.1 Å². The van der Waals surface area contributed by atoms with Gasteiger partial charge in [-0.15, -0.1) is 11.3 Å². The highest BCUT2D eigenvalue weighted by Crippen LogP contribution is 2.25. The van der Waals surface area contributed by atoms with Crippen LogP contribution in [0.5, 0.6) is 0 Å². The Balaban J connectivity index is 1.50. The summed E-state index contributed by atoms with van der Waals surface area (Å²) in [6, 6.07) is 25.3. The molecule has 6 rings (SSSR count). The second kappa shape index (κ2) is 13.9. The highest BCUT2D eigenvalue weighted by molar-refractivity contribution is 7.07. The number of nitrogens with one attached hydrogen (secondary N) is 1. The molecule has 3 aromatic carbocycles. The topological polar surface area (TPSA) is 105 Å². The first-order valence-electron chi connectivity index (χ1n) is 14.9. The van der Waals surface area contributed by atoms with Crippen LogP contribution >= 0.6 is 11.3 Å². The Morgan fingerprint density at radius 1 is 1.07 bits per heavy atom. The Labute approximate surface area is 268 Å². The van der Waals surface area contributed by atoms with Gasteiger partial charge in [0.15, 0.2) is 5.57 Å². The standard InChI is InChI=1S/C35H31FN6O3S/c1-24-11-13-25(14-12-24)32-26(23-41(39-32)27-7-3-2-4-8-27)21-31-34(44)42(30-10-6-5-9-29(30)36)35(46-31)28(22-37)33(43)38-15-16-40-17-19-45-20-18-40/h2-14,21,23H,15-20H2,1H3,(H,38,43)/b31-21-,35-28-. The summed E-state index contributed by atoms with van der Waals surface area (Å²) in [5.41, 5.74) is 3.18. The fraction of sp³-hybridized carbons (Fsp3) is 0.200. The average Bonchev–Trinajstić information content (AvgIpc) is 3.64. The van der Waals surface area contributed by atoms with Gasteiger partial charge >= 0.3 is 0 Å². The number of nitrogens with zero attached hydrogens (tertiary/aromatic N) is 5. The molecule has 0 saturated carbocycles. The molecule has 11 heteroatoms. The van der Waals surface area contributed by atoms with E-state index in [1.54, 1.807) is 16.8 Å². The van der Waals surface area contributed by atoms with Gasteiger partial charge in [0, 0.05) is 43.5 Å². The van der Waals surface area contributed by atoms with E-state index >= 15 is 4.39 Å². The maximum atomic E-state index is 15.2. The summed E-state index contributed by atoms with van der Waals surface area (Å²) in [5, 5.41) is 17.8. The van der Waals surface area contributed by atoms with Crippen LogP contribution in [0.25, 0.3) is 34.3 Å². The van der Waals surface area contributed by atoms with Crippen molar-refractivity contribution in [3.8, 4) is 28.7 Å². The van der Waals surface area contributed by atoms with Crippen LogP contribution in [0.2, 0.25) is 0 Å². The smallest absolute Gasteiger partial charge is 0.273 e. The number of morpholine rings is 1. The van der Waals surface area contributed by atoms with Gasteiger partial charge in [0.2, 0.25) is 0 Å². The molecule has 0 spiro atoms. The third-order valence-electron chi connectivity index (χ3n) is 7.66. The van der Waals surface area contributed by atoms with Crippen molar-refractivity contribution in [1.29, 1.82) is 5.26 Å². The highest BCUT2D eigenvalue weighted by Gasteiger charge is 2.20. The van der Waals surface area contributed by atoms with Gasteiger partial charge in [-0.25, -0.2) is 9.07 Å². The minimum atomic E-state index is -0.655. The molecule has 0 unspecified atom stereocenters. The summed E-state index contributed by atoms with van der Waals surface area (Å²) in [4.78, 5) is 29.6. The van der Waals surface area contributed by atoms with E-state index in [2.05, 4.69) is 10.2 Å². The molecule has 1 aliphatic rings. The minimum absolute atomic E-state index is 0.0417. The van der Waals surface area contributed by atoms with Crippen LogP contribution in [0.15, 0.2) is 89.9 Å². The van der Waals surface area contributed by atoms with Crippen LogP contribution in [0.3, 0.4) is 0 Å². The molecular weight excluding hydrogens is 603 g/mol. The number of nitriles is 1. The van der Waals surface area contributed by atoms with Gasteiger partial charge in [0.1, 0.15) is 16.5 Å². The van der Waals surface area contributed by atoms with E-state index in [0.717, 1.165) is 45.8 Å². The highest BCUT2D eigenvalue weighted by atomic mass is 32.1. The number of thiazole rings is 1. The quantitative estimate of drug-likeness (QED) is 0.281. The molecule has 232 valence electrons. The SMILES string of the molecule is Cc1ccc(-c2nn(-c3ccccc3)cc2/C=c2\s/c(=C(/C#N)C(=O)NCCN3CCOCC3)n(-c3ccccc3F)c2=O)cc1. The molecule has 1 saturated heterocycles. The Kier molecular flexibility index (Phi) is 9.30. The fourth-order valence-electron chi connectivity index (χ4n) is 5.22. The van der Waals surface area contributed by atoms with E-state index < -0.39 is 17.3 Å². The summed E-state index contributed by atoms with van der Waals surface area (Å²) in [6.07, 6.45) is 3.50. The number of halogens is 1. The predicted octanol–water partition coefficient (Wildman–Crippen LogP) is 3.15. The molecular formula is C35H31FN6O3S. The summed E-state index contributed by atoms with van der Waals surface area (Å²) < 4.78 is 23.7. The van der Waals surface area contributed by atoms with Crippen LogP contribution in [0.4, 0.5) is 4.39 Å². The number of carbonyl (C=O) groups is 1. The van der Waals surface area contributed by atoms with Crippen molar-refractivity contribution in [3.63, 3.8) is 0 Å². The molecule has 0 bridgehead atoms. The molecule has 5 aromatic rings. The lowest BCUT2D eigenvalue weighted by molar-refractivity contribution is -0.115. The van der Waals surface area contributed by atoms with Gasteiger partial charge in [-0.2, -0.15) is 10.4 Å². The molecule has 9 nitrogen and oxygen atoms in total. The lowest BCUT2D eigenvalue weighted by Gasteiger charge is -2.26. The van der Waals surface area contributed by atoms with Crippen LogP contribution in [0, 0.1) is 24.1 Å². The van der Waals surface area contributed by atoms with E-state index in [1.807, 2.05) is 73.8 Å². The summed E-state index contributed by atoms with van der Waals surface area (Å²) in [5.74, 6) is -1.29. The Morgan fingerprint density at radius 3 is 2.50 bits per heavy atom. The Bertz CT molecular complexity index is 2090. The lowest BCUT2D eigenvalue weighted by Crippen LogP contribution is -2.42. The van der Waals surface area contributed by atoms with Gasteiger partial charge in [-0.3, -0.25) is 19.1 Å². The first-order chi connectivity index (χ1) is 22.4. The Hall–Kier alpha value is -5.15. The van der Waals surface area contributed by atoms with Gasteiger partial charge in [-0.05, 0) is 37.3 Å². The molecule has 3 heterocycles. The maximum absolute atomic E-state index is 15.2. The second-order valence-corrected chi connectivity index (χ2v) is 11.8. The van der Waals surface area contributed by atoms with Crippen molar-refractivity contribution >= 4 is 28.9 Å². The third kappa shape index (κ3) is 6.60. The number of aryl methyl sites for hydroxylation is 1. The average molecular weight is 635 g/mol. The molecule has 2 aromatic heterocycles. The van der Waals surface area contributed by atoms with Crippen molar-refractivity contribution in [3.05, 3.63) is 122 Å². The number of aromatic nitrogens is 3. The minimum Gasteiger partial charge on any atom is -0.379 e. The number of rotatable bonds is 8. The zero-order valence-corrected chi connectivity index (χ0v) is 26.0. The molecule has 1 N–H and O–H groups in total. The largest absolute Gasteiger partial charge is 0.379 e. The van der Waals surface area contributed by atoms with Gasteiger partial charge in [-0.1, -0.05) is 60.2 Å². The number of carbonyl (C=O) groups excluding carboxylic acids is 1.